The fraction of sp³-hybridized carbons (Fsp3) is 0.795. The van der Waals surface area contributed by atoms with E-state index in [0.29, 0.717) is 19.3 Å². The van der Waals surface area contributed by atoms with Gasteiger partial charge in [-0.25, -0.2) is 0 Å². The van der Waals surface area contributed by atoms with E-state index >= 15 is 0 Å². The van der Waals surface area contributed by atoms with Crippen LogP contribution < -0.4 is 0 Å². The molecule has 1 N–H and O–H groups in total. The first-order valence-corrected chi connectivity index (χ1v) is 18.7. The Morgan fingerprint density at radius 3 is 1.64 bits per heavy atom. The summed E-state index contributed by atoms with van der Waals surface area (Å²) in [5.41, 5.74) is 0. The summed E-state index contributed by atoms with van der Waals surface area (Å²) in [7, 11) is 0. The van der Waals surface area contributed by atoms with Crippen molar-refractivity contribution in [2.75, 3.05) is 13.2 Å². The normalized spacial score (nSPS) is 17.0. The summed E-state index contributed by atoms with van der Waals surface area (Å²) in [6.07, 6.45) is 39.3. The van der Waals surface area contributed by atoms with Crippen LogP contribution >= 0.6 is 0 Å². The average molecular weight is 633 g/mol. The first kappa shape index (κ1) is 41.1. The summed E-state index contributed by atoms with van der Waals surface area (Å²) in [6.45, 7) is 4.20. The van der Waals surface area contributed by atoms with Crippen LogP contribution in [0.15, 0.2) is 36.5 Å². The Morgan fingerprint density at radius 1 is 0.600 bits per heavy atom. The van der Waals surface area contributed by atoms with E-state index in [1.807, 2.05) is 0 Å². The number of allylic oxidation sites excluding steroid dienone is 5. The van der Waals surface area contributed by atoms with Crippen LogP contribution in [-0.2, 0) is 23.8 Å². The lowest BCUT2D eigenvalue weighted by Crippen LogP contribution is -2.25. The Balaban J connectivity index is 1.89. The Hall–Kier alpha value is -1.92. The summed E-state index contributed by atoms with van der Waals surface area (Å²) in [4.78, 5) is 24.0. The lowest BCUT2D eigenvalue weighted by molar-refractivity contribution is -0.152. The van der Waals surface area contributed by atoms with Gasteiger partial charge in [-0.3, -0.25) is 9.59 Å². The Morgan fingerprint density at radius 2 is 1.07 bits per heavy atom. The zero-order valence-electron chi connectivity index (χ0n) is 29.1. The number of carbonyl (C=O) groups excluding carboxylic acids is 2. The first-order chi connectivity index (χ1) is 22.1. The molecule has 6 heteroatoms. The van der Waals surface area contributed by atoms with Gasteiger partial charge < -0.3 is 19.3 Å². The highest BCUT2D eigenvalue weighted by atomic mass is 16.6. The molecule has 1 heterocycles. The number of ether oxygens (including phenoxy) is 3. The van der Waals surface area contributed by atoms with Crippen LogP contribution in [0.1, 0.15) is 168 Å². The number of rotatable bonds is 32. The molecular weight excluding hydrogens is 564 g/mol. The third-order valence-corrected chi connectivity index (χ3v) is 8.30. The Kier molecular flexibility index (Phi) is 28.1. The molecule has 6 nitrogen and oxygen atoms in total. The number of aliphatic hydroxyl groups excluding tert-OH is 1. The molecule has 0 spiro atoms. The molecular formula is C39H68O6. The fourth-order valence-corrected chi connectivity index (χ4v) is 5.35. The minimum Gasteiger partial charge on any atom is -0.463 e. The smallest absolute Gasteiger partial charge is 0.305 e. The molecule has 0 radical (unpaired) electrons. The molecule has 1 saturated heterocycles. The van der Waals surface area contributed by atoms with Gasteiger partial charge in [0.1, 0.15) is 19.3 Å². The van der Waals surface area contributed by atoms with Gasteiger partial charge in [0, 0.05) is 12.8 Å². The Bertz CT molecular complexity index is 788. The highest BCUT2D eigenvalue weighted by molar-refractivity contribution is 5.69. The van der Waals surface area contributed by atoms with Crippen molar-refractivity contribution < 1.29 is 28.9 Å². The maximum atomic E-state index is 12.0. The van der Waals surface area contributed by atoms with Crippen molar-refractivity contribution in [1.82, 2.24) is 0 Å². The van der Waals surface area contributed by atoms with Gasteiger partial charge in [-0.05, 0) is 51.4 Å². The van der Waals surface area contributed by atoms with Crippen molar-refractivity contribution in [3.8, 4) is 0 Å². The van der Waals surface area contributed by atoms with E-state index < -0.39 is 6.10 Å². The van der Waals surface area contributed by atoms with Gasteiger partial charge in [-0.1, -0.05) is 140 Å². The number of carbonyl (C=O) groups is 2. The van der Waals surface area contributed by atoms with E-state index in [2.05, 4.69) is 50.3 Å². The second kappa shape index (κ2) is 30.7. The van der Waals surface area contributed by atoms with E-state index in [1.165, 1.54) is 89.9 Å². The van der Waals surface area contributed by atoms with Gasteiger partial charge in [0.2, 0.25) is 0 Å². The van der Waals surface area contributed by atoms with Crippen LogP contribution in [0.5, 0.6) is 0 Å². The fourth-order valence-electron chi connectivity index (χ4n) is 5.35. The van der Waals surface area contributed by atoms with E-state index in [9.17, 15) is 14.7 Å². The van der Waals surface area contributed by atoms with Crippen LogP contribution in [0.3, 0.4) is 0 Å². The van der Waals surface area contributed by atoms with Crippen LogP contribution in [0.4, 0.5) is 0 Å². The van der Waals surface area contributed by atoms with Crippen molar-refractivity contribution >= 4 is 11.9 Å². The summed E-state index contributed by atoms with van der Waals surface area (Å²) in [5.74, 6) is -0.637. The van der Waals surface area contributed by atoms with Crippen molar-refractivity contribution in [2.45, 2.75) is 186 Å². The SMILES string of the molecule is CCCCC/C=C\C/C=C\C/C=C\CC1OC1CCCC(=O)OC[C@H](O)COC(=O)CCCCCCCCCCCCCCC. The summed E-state index contributed by atoms with van der Waals surface area (Å²) in [6, 6.07) is 0. The lowest BCUT2D eigenvalue weighted by Gasteiger charge is -2.12. The molecule has 0 saturated carbocycles. The molecule has 45 heavy (non-hydrogen) atoms. The second-order valence-electron chi connectivity index (χ2n) is 12.7. The average Bonchev–Trinajstić information content (AvgIpc) is 3.79. The third-order valence-electron chi connectivity index (χ3n) is 8.30. The molecule has 2 unspecified atom stereocenters. The van der Waals surface area contributed by atoms with Crippen molar-refractivity contribution in [1.29, 1.82) is 0 Å². The molecule has 0 amide bonds. The molecule has 1 fully saturated rings. The maximum Gasteiger partial charge on any atom is 0.305 e. The quantitative estimate of drug-likeness (QED) is 0.0344. The van der Waals surface area contributed by atoms with E-state index in [-0.39, 0.29) is 37.4 Å². The van der Waals surface area contributed by atoms with Crippen LogP contribution in [0.2, 0.25) is 0 Å². The zero-order valence-corrected chi connectivity index (χ0v) is 29.1. The zero-order chi connectivity index (χ0) is 32.6. The van der Waals surface area contributed by atoms with Crippen molar-refractivity contribution in [3.05, 3.63) is 36.5 Å². The van der Waals surface area contributed by atoms with Gasteiger partial charge in [0.15, 0.2) is 0 Å². The Labute approximate surface area is 276 Å². The molecule has 0 aromatic carbocycles. The van der Waals surface area contributed by atoms with Crippen molar-refractivity contribution in [2.24, 2.45) is 0 Å². The maximum absolute atomic E-state index is 12.0. The molecule has 1 aliphatic heterocycles. The standard InChI is InChI=1S/C39H68O6/c1-3-5-7-9-11-13-15-17-19-21-23-25-27-31-38(41)43-33-35(40)34-44-39(42)32-28-30-37-36(45-37)29-26-24-22-20-18-16-14-12-10-8-6-4-2/h12,14,18,20,24,26,35-37,40H,3-11,13,15-17,19,21-23,25,27-34H2,1-2H3/b14-12-,20-18-,26-24-/t35-,36?,37?/m1/s1. The van der Waals surface area contributed by atoms with Crippen LogP contribution in [-0.4, -0.2) is 48.6 Å². The third kappa shape index (κ3) is 28.1. The summed E-state index contributed by atoms with van der Waals surface area (Å²) in [5, 5.41) is 10.0. The molecule has 1 rings (SSSR count). The van der Waals surface area contributed by atoms with Crippen LogP contribution in [0.25, 0.3) is 0 Å². The second-order valence-corrected chi connectivity index (χ2v) is 12.7. The highest BCUT2D eigenvalue weighted by Crippen LogP contribution is 2.30. The minimum atomic E-state index is -0.991. The number of aliphatic hydroxyl groups is 1. The first-order valence-electron chi connectivity index (χ1n) is 18.7. The van der Waals surface area contributed by atoms with Gasteiger partial charge in [0.25, 0.3) is 0 Å². The lowest BCUT2D eigenvalue weighted by atomic mass is 10.0. The van der Waals surface area contributed by atoms with Gasteiger partial charge in [-0.2, -0.15) is 0 Å². The van der Waals surface area contributed by atoms with Crippen molar-refractivity contribution in [3.63, 3.8) is 0 Å². The number of hydrogen-bond donors (Lipinski definition) is 1. The molecule has 0 aromatic heterocycles. The highest BCUT2D eigenvalue weighted by Gasteiger charge is 2.36. The van der Waals surface area contributed by atoms with Gasteiger partial charge in [0.05, 0.1) is 12.2 Å². The summed E-state index contributed by atoms with van der Waals surface area (Å²) >= 11 is 0. The molecule has 260 valence electrons. The topological polar surface area (TPSA) is 85.4 Å². The molecule has 3 atom stereocenters. The number of esters is 2. The number of epoxide rings is 1. The number of hydrogen-bond acceptors (Lipinski definition) is 6. The van der Waals surface area contributed by atoms with Gasteiger partial charge in [-0.15, -0.1) is 0 Å². The van der Waals surface area contributed by atoms with E-state index in [4.69, 9.17) is 14.2 Å². The molecule has 0 aromatic rings. The van der Waals surface area contributed by atoms with E-state index in [0.717, 1.165) is 44.9 Å². The number of unbranched alkanes of at least 4 members (excludes halogenated alkanes) is 15. The van der Waals surface area contributed by atoms with Crippen LogP contribution in [0, 0.1) is 0 Å². The molecule has 0 aliphatic carbocycles. The molecule has 0 bridgehead atoms. The van der Waals surface area contributed by atoms with E-state index in [1.54, 1.807) is 0 Å². The predicted octanol–water partition coefficient (Wildman–Crippen LogP) is 10.3. The predicted molar refractivity (Wildman–Crippen MR) is 186 cm³/mol. The monoisotopic (exact) mass is 633 g/mol. The van der Waals surface area contributed by atoms with Gasteiger partial charge >= 0.3 is 11.9 Å². The molecule has 1 aliphatic rings. The summed E-state index contributed by atoms with van der Waals surface area (Å²) < 4.78 is 16.0. The largest absolute Gasteiger partial charge is 0.463 e. The minimum absolute atomic E-state index is 0.137.